The third-order valence-corrected chi connectivity index (χ3v) is 3.57. The molecule has 0 aliphatic rings. The molecule has 0 spiro atoms. The van der Waals surface area contributed by atoms with Crippen LogP contribution in [0.25, 0.3) is 0 Å². The summed E-state index contributed by atoms with van der Waals surface area (Å²) in [5, 5.41) is 3.27. The number of likely N-dealkylation sites (N-methyl/N-ethyl adjacent to an activating group) is 1. The van der Waals surface area contributed by atoms with Crippen molar-refractivity contribution < 1.29 is 8.78 Å². The number of hydrogen-bond donors (Lipinski definition) is 1. The number of benzene rings is 1. The highest BCUT2D eigenvalue weighted by Gasteiger charge is 2.30. The van der Waals surface area contributed by atoms with Gasteiger partial charge in [0.05, 0.1) is 0 Å². The Kier molecular flexibility index (Phi) is 5.06. The van der Waals surface area contributed by atoms with Crippen LogP contribution in [0.1, 0.15) is 39.2 Å². The van der Waals surface area contributed by atoms with Gasteiger partial charge in [-0.15, -0.1) is 0 Å². The average molecular weight is 241 g/mol. The van der Waals surface area contributed by atoms with E-state index in [9.17, 15) is 8.78 Å². The molecule has 1 aromatic carbocycles. The lowest BCUT2D eigenvalue weighted by Crippen LogP contribution is -2.38. The summed E-state index contributed by atoms with van der Waals surface area (Å²) in [6.45, 7) is 7.69. The maximum Gasteiger partial charge on any atom is 0.129 e. The highest BCUT2D eigenvalue weighted by molar-refractivity contribution is 5.28. The molecule has 3 heteroatoms. The third kappa shape index (κ3) is 3.03. The Bertz CT molecular complexity index is 359. The molecule has 0 saturated carbocycles. The van der Waals surface area contributed by atoms with E-state index >= 15 is 0 Å². The molecule has 96 valence electrons. The van der Waals surface area contributed by atoms with Crippen molar-refractivity contribution in [2.24, 2.45) is 0 Å². The standard InChI is InChI=1S/C14H21F2N/c1-4-14(5-2,10-17-6-3)12-8-7-11(15)9-13(12)16/h7-9,17H,4-6,10H2,1-3H3. The summed E-state index contributed by atoms with van der Waals surface area (Å²) in [4.78, 5) is 0. The van der Waals surface area contributed by atoms with Crippen LogP contribution in [0.2, 0.25) is 0 Å². The van der Waals surface area contributed by atoms with Crippen LogP contribution in [0.3, 0.4) is 0 Å². The van der Waals surface area contributed by atoms with Crippen LogP contribution >= 0.6 is 0 Å². The Morgan fingerprint density at radius 3 is 2.24 bits per heavy atom. The van der Waals surface area contributed by atoms with Crippen LogP contribution in [0.4, 0.5) is 8.78 Å². The van der Waals surface area contributed by atoms with E-state index in [-0.39, 0.29) is 5.41 Å². The van der Waals surface area contributed by atoms with E-state index in [0.29, 0.717) is 5.56 Å². The van der Waals surface area contributed by atoms with Crippen molar-refractivity contribution in [2.45, 2.75) is 39.0 Å². The van der Waals surface area contributed by atoms with Gasteiger partial charge in [-0.05, 0) is 31.0 Å². The number of halogens is 2. The Morgan fingerprint density at radius 2 is 1.76 bits per heavy atom. The van der Waals surface area contributed by atoms with Gasteiger partial charge >= 0.3 is 0 Å². The van der Waals surface area contributed by atoms with Crippen molar-refractivity contribution in [1.29, 1.82) is 0 Å². The summed E-state index contributed by atoms with van der Waals surface area (Å²) < 4.78 is 26.8. The summed E-state index contributed by atoms with van der Waals surface area (Å²) in [6, 6.07) is 3.89. The van der Waals surface area contributed by atoms with E-state index in [2.05, 4.69) is 5.32 Å². The molecule has 0 fully saturated rings. The Hall–Kier alpha value is -0.960. The first-order chi connectivity index (χ1) is 8.09. The van der Waals surface area contributed by atoms with Gasteiger partial charge in [0, 0.05) is 18.0 Å². The minimum atomic E-state index is -0.518. The number of hydrogen-bond acceptors (Lipinski definition) is 1. The van der Waals surface area contributed by atoms with Gasteiger partial charge in [-0.25, -0.2) is 8.78 Å². The summed E-state index contributed by atoms with van der Waals surface area (Å²) in [7, 11) is 0. The van der Waals surface area contributed by atoms with E-state index in [1.54, 1.807) is 6.07 Å². The first-order valence-electron chi connectivity index (χ1n) is 6.26. The molecule has 0 unspecified atom stereocenters. The predicted molar refractivity (Wildman–Crippen MR) is 67.2 cm³/mol. The normalized spacial score (nSPS) is 11.8. The lowest BCUT2D eigenvalue weighted by atomic mass is 9.75. The minimum absolute atomic E-state index is 0.242. The molecule has 0 aliphatic carbocycles. The van der Waals surface area contributed by atoms with E-state index in [1.807, 2.05) is 20.8 Å². The molecule has 0 aliphatic heterocycles. The van der Waals surface area contributed by atoms with Crippen LogP contribution in [-0.4, -0.2) is 13.1 Å². The van der Waals surface area contributed by atoms with Crippen LogP contribution < -0.4 is 5.32 Å². The summed E-state index contributed by atoms with van der Waals surface area (Å²) in [6.07, 6.45) is 1.66. The van der Waals surface area contributed by atoms with Gasteiger partial charge in [-0.2, -0.15) is 0 Å². The van der Waals surface area contributed by atoms with Gasteiger partial charge in [0.25, 0.3) is 0 Å². The number of rotatable bonds is 6. The molecule has 0 bridgehead atoms. The van der Waals surface area contributed by atoms with Gasteiger partial charge in [0.2, 0.25) is 0 Å². The molecule has 1 rings (SSSR count). The second-order valence-electron chi connectivity index (χ2n) is 4.39. The van der Waals surface area contributed by atoms with Crippen molar-refractivity contribution in [3.8, 4) is 0 Å². The topological polar surface area (TPSA) is 12.0 Å². The highest BCUT2D eigenvalue weighted by atomic mass is 19.1. The number of nitrogens with one attached hydrogen (secondary N) is 1. The molecule has 17 heavy (non-hydrogen) atoms. The van der Waals surface area contributed by atoms with Crippen LogP contribution in [-0.2, 0) is 5.41 Å². The summed E-state index contributed by atoms with van der Waals surface area (Å²) in [5.41, 5.74) is 0.373. The fourth-order valence-electron chi connectivity index (χ4n) is 2.26. The second-order valence-corrected chi connectivity index (χ2v) is 4.39. The van der Waals surface area contributed by atoms with E-state index in [0.717, 1.165) is 32.0 Å². The summed E-state index contributed by atoms with van der Waals surface area (Å²) >= 11 is 0. The highest BCUT2D eigenvalue weighted by Crippen LogP contribution is 2.33. The van der Waals surface area contributed by atoms with Crippen LogP contribution in [0, 0.1) is 11.6 Å². The Morgan fingerprint density at radius 1 is 1.12 bits per heavy atom. The molecule has 0 heterocycles. The van der Waals surface area contributed by atoms with Crippen LogP contribution in [0.5, 0.6) is 0 Å². The van der Waals surface area contributed by atoms with Gasteiger partial charge in [0.15, 0.2) is 0 Å². The molecule has 0 saturated heterocycles. The van der Waals surface area contributed by atoms with Gasteiger partial charge in [-0.1, -0.05) is 26.8 Å². The van der Waals surface area contributed by atoms with Crippen molar-refractivity contribution in [1.82, 2.24) is 5.32 Å². The molecule has 0 atom stereocenters. The monoisotopic (exact) mass is 241 g/mol. The van der Waals surface area contributed by atoms with Crippen LogP contribution in [0.15, 0.2) is 18.2 Å². The van der Waals surface area contributed by atoms with E-state index < -0.39 is 11.6 Å². The molecule has 1 nitrogen and oxygen atoms in total. The molecular weight excluding hydrogens is 220 g/mol. The molecule has 0 aromatic heterocycles. The van der Waals surface area contributed by atoms with Gasteiger partial charge in [-0.3, -0.25) is 0 Å². The maximum atomic E-state index is 13.9. The molecule has 0 radical (unpaired) electrons. The first-order valence-corrected chi connectivity index (χ1v) is 6.26. The Labute approximate surface area is 102 Å². The van der Waals surface area contributed by atoms with Gasteiger partial charge in [0.1, 0.15) is 11.6 Å². The molecule has 0 amide bonds. The molecule has 1 N–H and O–H groups in total. The molecule has 1 aromatic rings. The molecular formula is C14H21F2N. The average Bonchev–Trinajstić information content (AvgIpc) is 2.32. The fourth-order valence-corrected chi connectivity index (χ4v) is 2.26. The van der Waals surface area contributed by atoms with Crippen molar-refractivity contribution in [2.75, 3.05) is 13.1 Å². The fraction of sp³-hybridized carbons (Fsp3) is 0.571. The third-order valence-electron chi connectivity index (χ3n) is 3.57. The quantitative estimate of drug-likeness (QED) is 0.802. The van der Waals surface area contributed by atoms with Gasteiger partial charge < -0.3 is 5.32 Å². The lowest BCUT2D eigenvalue weighted by molar-refractivity contribution is 0.356. The lowest BCUT2D eigenvalue weighted by Gasteiger charge is -2.33. The second kappa shape index (κ2) is 6.10. The zero-order valence-electron chi connectivity index (χ0n) is 10.8. The zero-order valence-corrected chi connectivity index (χ0v) is 10.8. The minimum Gasteiger partial charge on any atom is -0.316 e. The van der Waals surface area contributed by atoms with Crippen molar-refractivity contribution in [3.05, 3.63) is 35.4 Å². The van der Waals surface area contributed by atoms with E-state index in [1.165, 1.54) is 6.07 Å². The predicted octanol–water partition coefficient (Wildman–Crippen LogP) is 3.63. The largest absolute Gasteiger partial charge is 0.316 e. The smallest absolute Gasteiger partial charge is 0.129 e. The Balaban J connectivity index is 3.11. The van der Waals surface area contributed by atoms with Crippen molar-refractivity contribution in [3.63, 3.8) is 0 Å². The van der Waals surface area contributed by atoms with Crippen molar-refractivity contribution >= 4 is 0 Å². The summed E-state index contributed by atoms with van der Waals surface area (Å²) in [5.74, 6) is -0.956. The maximum absolute atomic E-state index is 13.9. The first kappa shape index (κ1) is 14.1. The van der Waals surface area contributed by atoms with E-state index in [4.69, 9.17) is 0 Å². The SMILES string of the molecule is CCNCC(CC)(CC)c1ccc(F)cc1F. The zero-order chi connectivity index (χ0) is 12.9.